The van der Waals surface area contributed by atoms with Gasteiger partial charge in [0.05, 0.1) is 25.3 Å². The van der Waals surface area contributed by atoms with E-state index in [1.165, 1.54) is 11.6 Å². The number of carbonyl (C=O) groups excluding carboxylic acids is 3. The molecule has 3 aliphatic rings. The second-order valence-electron chi connectivity index (χ2n) is 9.01. The molecule has 2 aromatic rings. The molecule has 3 amide bonds. The average Bonchev–Trinajstić information content (AvgIpc) is 3.19. The average molecular weight is 483 g/mol. The van der Waals surface area contributed by atoms with Crippen LogP contribution in [0, 0.1) is 5.82 Å². The molecule has 3 aliphatic heterocycles. The SMILES string of the molecule is O=C1CCC(O)(N2Cc3c(OCc4ccc(CN5CCOCC5)cc4)cc(F)cc3C2=O)C(=O)N1. The Morgan fingerprint density at radius 1 is 1.09 bits per heavy atom. The molecule has 0 aromatic heterocycles. The van der Waals surface area contributed by atoms with Crippen molar-refractivity contribution in [1.82, 2.24) is 15.1 Å². The molecule has 10 heteroatoms. The first kappa shape index (κ1) is 23.4. The molecule has 3 heterocycles. The van der Waals surface area contributed by atoms with E-state index in [0.717, 1.165) is 49.4 Å². The van der Waals surface area contributed by atoms with Crippen LogP contribution in [0.5, 0.6) is 5.75 Å². The molecule has 0 aliphatic carbocycles. The number of rotatable bonds is 6. The van der Waals surface area contributed by atoms with Crippen molar-refractivity contribution in [1.29, 1.82) is 0 Å². The lowest BCUT2D eigenvalue weighted by Gasteiger charge is -2.37. The van der Waals surface area contributed by atoms with Crippen molar-refractivity contribution in [2.24, 2.45) is 0 Å². The number of morpholine rings is 1. The van der Waals surface area contributed by atoms with Crippen molar-refractivity contribution in [3.8, 4) is 5.75 Å². The van der Waals surface area contributed by atoms with Gasteiger partial charge in [0.2, 0.25) is 11.6 Å². The predicted molar refractivity (Wildman–Crippen MR) is 120 cm³/mol. The van der Waals surface area contributed by atoms with E-state index in [1.807, 2.05) is 24.3 Å². The number of hydrogen-bond acceptors (Lipinski definition) is 7. The zero-order chi connectivity index (χ0) is 24.6. The fourth-order valence-corrected chi connectivity index (χ4v) is 4.64. The van der Waals surface area contributed by atoms with Crippen molar-refractivity contribution in [2.45, 2.75) is 38.3 Å². The highest BCUT2D eigenvalue weighted by molar-refractivity contribution is 6.07. The monoisotopic (exact) mass is 483 g/mol. The third kappa shape index (κ3) is 4.64. The summed E-state index contributed by atoms with van der Waals surface area (Å²) in [4.78, 5) is 40.1. The third-order valence-corrected chi connectivity index (χ3v) is 6.66. The van der Waals surface area contributed by atoms with Gasteiger partial charge < -0.3 is 14.6 Å². The van der Waals surface area contributed by atoms with Gasteiger partial charge in [-0.1, -0.05) is 24.3 Å². The number of benzene rings is 2. The summed E-state index contributed by atoms with van der Waals surface area (Å²) in [7, 11) is 0. The van der Waals surface area contributed by atoms with Gasteiger partial charge in [-0.3, -0.25) is 29.5 Å². The smallest absolute Gasteiger partial charge is 0.279 e. The van der Waals surface area contributed by atoms with Crippen LogP contribution in [0.15, 0.2) is 36.4 Å². The first-order valence-electron chi connectivity index (χ1n) is 11.6. The Balaban J connectivity index is 1.29. The van der Waals surface area contributed by atoms with Crippen LogP contribution in [-0.4, -0.2) is 64.7 Å². The molecule has 35 heavy (non-hydrogen) atoms. The number of fused-ring (bicyclic) bond motifs is 1. The van der Waals surface area contributed by atoms with Gasteiger partial charge >= 0.3 is 0 Å². The van der Waals surface area contributed by atoms with E-state index in [0.29, 0.717) is 5.56 Å². The highest BCUT2D eigenvalue weighted by atomic mass is 19.1. The summed E-state index contributed by atoms with van der Waals surface area (Å²) < 4.78 is 25.6. The Labute approximate surface area is 201 Å². The lowest BCUT2D eigenvalue weighted by Crippen LogP contribution is -2.63. The summed E-state index contributed by atoms with van der Waals surface area (Å²) in [5.74, 6) is -2.66. The number of nitrogens with one attached hydrogen (secondary N) is 1. The largest absolute Gasteiger partial charge is 0.488 e. The quantitative estimate of drug-likeness (QED) is 0.597. The fraction of sp³-hybridized carbons (Fsp3) is 0.400. The Bertz CT molecular complexity index is 1160. The van der Waals surface area contributed by atoms with Crippen molar-refractivity contribution in [3.63, 3.8) is 0 Å². The maximum absolute atomic E-state index is 14.3. The molecule has 2 saturated heterocycles. The van der Waals surface area contributed by atoms with E-state index < -0.39 is 29.3 Å². The van der Waals surface area contributed by atoms with Crippen LogP contribution < -0.4 is 10.1 Å². The Hall–Kier alpha value is -3.34. The molecule has 2 N–H and O–H groups in total. The standard InChI is InChI=1S/C25H26FN3O6/c26-18-11-19-20(14-29(23(19)31)25(33)6-5-22(30)27-24(25)32)21(12-18)35-15-17-3-1-16(2-4-17)13-28-7-9-34-10-8-28/h1-4,11-12,33H,5-10,13-15H2,(H,27,30,32). The van der Waals surface area contributed by atoms with Crippen molar-refractivity contribution in [2.75, 3.05) is 26.3 Å². The summed E-state index contributed by atoms with van der Waals surface area (Å²) in [5.41, 5.74) is 0.269. The summed E-state index contributed by atoms with van der Waals surface area (Å²) in [6, 6.07) is 10.2. The topological polar surface area (TPSA) is 108 Å². The van der Waals surface area contributed by atoms with E-state index in [4.69, 9.17) is 9.47 Å². The van der Waals surface area contributed by atoms with E-state index in [9.17, 15) is 23.9 Å². The molecule has 0 saturated carbocycles. The van der Waals surface area contributed by atoms with E-state index in [2.05, 4.69) is 10.2 Å². The minimum atomic E-state index is -2.19. The first-order chi connectivity index (χ1) is 16.8. The minimum Gasteiger partial charge on any atom is -0.488 e. The van der Waals surface area contributed by atoms with E-state index in [1.54, 1.807) is 0 Å². The molecule has 0 bridgehead atoms. The van der Waals surface area contributed by atoms with Crippen LogP contribution in [-0.2, 0) is 34.0 Å². The van der Waals surface area contributed by atoms with Crippen molar-refractivity contribution >= 4 is 17.7 Å². The van der Waals surface area contributed by atoms with Crippen molar-refractivity contribution in [3.05, 3.63) is 64.5 Å². The molecule has 5 rings (SSSR count). The second-order valence-corrected chi connectivity index (χ2v) is 9.01. The van der Waals surface area contributed by atoms with Gasteiger partial charge in [-0.05, 0) is 17.2 Å². The molecule has 0 spiro atoms. The van der Waals surface area contributed by atoms with E-state index >= 15 is 0 Å². The molecule has 2 aromatic carbocycles. The lowest BCUT2D eigenvalue weighted by atomic mass is 10.00. The van der Waals surface area contributed by atoms with Gasteiger partial charge in [0.1, 0.15) is 18.2 Å². The number of ether oxygens (including phenoxy) is 2. The van der Waals surface area contributed by atoms with Gasteiger partial charge in [-0.15, -0.1) is 0 Å². The van der Waals surface area contributed by atoms with Crippen LogP contribution in [0.1, 0.15) is 39.9 Å². The van der Waals surface area contributed by atoms with Crippen LogP contribution in [0.3, 0.4) is 0 Å². The molecule has 184 valence electrons. The van der Waals surface area contributed by atoms with Gasteiger partial charge in [0.15, 0.2) is 0 Å². The predicted octanol–water partition coefficient (Wildman–Crippen LogP) is 1.32. The third-order valence-electron chi connectivity index (χ3n) is 6.66. The highest BCUT2D eigenvalue weighted by Crippen LogP contribution is 2.37. The number of imide groups is 1. The maximum atomic E-state index is 14.3. The summed E-state index contributed by atoms with van der Waals surface area (Å²) in [5, 5.41) is 13.0. The highest BCUT2D eigenvalue weighted by Gasteiger charge is 2.51. The van der Waals surface area contributed by atoms with Gasteiger partial charge in [0.25, 0.3) is 11.8 Å². The van der Waals surface area contributed by atoms with E-state index in [-0.39, 0.29) is 37.3 Å². The summed E-state index contributed by atoms with van der Waals surface area (Å²) >= 11 is 0. The zero-order valence-corrected chi connectivity index (χ0v) is 19.1. The van der Waals surface area contributed by atoms with Crippen molar-refractivity contribution < 1.29 is 33.4 Å². The number of hydrogen-bond donors (Lipinski definition) is 2. The number of piperidine rings is 1. The van der Waals surface area contributed by atoms with Crippen LogP contribution in [0.4, 0.5) is 4.39 Å². The number of aliphatic hydroxyl groups is 1. The van der Waals surface area contributed by atoms with Crippen LogP contribution >= 0.6 is 0 Å². The summed E-state index contributed by atoms with van der Waals surface area (Å²) in [6.45, 7) is 4.13. The number of halogens is 1. The lowest BCUT2D eigenvalue weighted by molar-refractivity contribution is -0.168. The van der Waals surface area contributed by atoms with Gasteiger partial charge in [-0.2, -0.15) is 0 Å². The number of carbonyl (C=O) groups is 3. The molecule has 2 fully saturated rings. The van der Waals surface area contributed by atoms with Crippen LogP contribution in [0.25, 0.3) is 0 Å². The molecular weight excluding hydrogens is 457 g/mol. The molecule has 9 nitrogen and oxygen atoms in total. The Kier molecular flexibility index (Phi) is 6.26. The Morgan fingerprint density at radius 3 is 2.51 bits per heavy atom. The fourth-order valence-electron chi connectivity index (χ4n) is 4.64. The molecule has 1 unspecified atom stereocenters. The zero-order valence-electron chi connectivity index (χ0n) is 19.1. The van der Waals surface area contributed by atoms with Crippen LogP contribution in [0.2, 0.25) is 0 Å². The number of amides is 3. The molecule has 1 atom stereocenters. The molecular formula is C25H26FN3O6. The summed E-state index contributed by atoms with van der Waals surface area (Å²) in [6.07, 6.45) is -0.339. The Morgan fingerprint density at radius 2 is 1.80 bits per heavy atom. The first-order valence-corrected chi connectivity index (χ1v) is 11.6. The van der Waals surface area contributed by atoms with Gasteiger partial charge in [0, 0.05) is 44.1 Å². The minimum absolute atomic E-state index is 0.0268. The number of nitrogens with zero attached hydrogens (tertiary/aromatic N) is 2. The van der Waals surface area contributed by atoms with Gasteiger partial charge in [-0.25, -0.2) is 4.39 Å². The second kappa shape index (κ2) is 9.37. The normalized spacial score (nSPS) is 22.8. The molecule has 0 radical (unpaired) electrons. The maximum Gasteiger partial charge on any atom is 0.279 e.